The Kier molecular flexibility index (Phi) is 11.2. The normalized spacial score (nSPS) is 14.6. The molecule has 0 bridgehead atoms. The molecule has 0 aliphatic carbocycles. The average molecular weight is 416 g/mol. The van der Waals surface area contributed by atoms with Crippen molar-refractivity contribution in [1.29, 1.82) is 5.26 Å². The van der Waals surface area contributed by atoms with Crippen LogP contribution in [0.25, 0.3) is 6.08 Å². The van der Waals surface area contributed by atoms with Crippen LogP contribution in [0.1, 0.15) is 53.5 Å². The molecule has 1 aromatic rings. The van der Waals surface area contributed by atoms with Crippen molar-refractivity contribution in [2.75, 3.05) is 37.8 Å². The van der Waals surface area contributed by atoms with Crippen molar-refractivity contribution in [3.8, 4) is 6.07 Å². The van der Waals surface area contributed by atoms with Crippen molar-refractivity contribution >= 4 is 17.7 Å². The Morgan fingerprint density at radius 3 is 2.40 bits per heavy atom. The molecule has 1 aliphatic heterocycles. The van der Waals surface area contributed by atoms with Crippen molar-refractivity contribution < 1.29 is 14.3 Å². The molecule has 0 saturated carbocycles. The van der Waals surface area contributed by atoms with E-state index in [-0.39, 0.29) is 17.6 Å². The molecule has 1 aromatic carbocycles. The molecule has 0 atom stereocenters. The van der Waals surface area contributed by atoms with Gasteiger partial charge in [0.15, 0.2) is 0 Å². The predicted octanol–water partition coefficient (Wildman–Crippen LogP) is 4.17. The van der Waals surface area contributed by atoms with Gasteiger partial charge in [-0.25, -0.2) is 0 Å². The minimum Gasteiger partial charge on any atom is -0.379 e. The van der Waals surface area contributed by atoms with Gasteiger partial charge < -0.3 is 19.7 Å². The molecule has 0 spiro atoms. The summed E-state index contributed by atoms with van der Waals surface area (Å²) in [4.78, 5) is 14.8. The van der Waals surface area contributed by atoms with Crippen molar-refractivity contribution in [3.63, 3.8) is 0 Å². The van der Waals surface area contributed by atoms with Crippen LogP contribution in [0, 0.1) is 11.3 Å². The van der Waals surface area contributed by atoms with E-state index >= 15 is 0 Å². The number of carbonyl (C=O) groups excluding carboxylic acids is 1. The van der Waals surface area contributed by atoms with E-state index in [0.29, 0.717) is 13.0 Å². The van der Waals surface area contributed by atoms with Gasteiger partial charge in [-0.15, -0.1) is 0 Å². The van der Waals surface area contributed by atoms with Gasteiger partial charge in [0.25, 0.3) is 5.91 Å². The number of nitriles is 1. The molecule has 1 heterocycles. The zero-order valence-corrected chi connectivity index (χ0v) is 19.3. The van der Waals surface area contributed by atoms with E-state index in [1.54, 1.807) is 6.08 Å². The number of ether oxygens (including phenoxy) is 2. The van der Waals surface area contributed by atoms with Crippen LogP contribution in [-0.2, 0) is 14.3 Å². The fourth-order valence-electron chi connectivity index (χ4n) is 2.91. The predicted molar refractivity (Wildman–Crippen MR) is 122 cm³/mol. The Hall–Kier alpha value is -2.36. The van der Waals surface area contributed by atoms with Gasteiger partial charge in [0.05, 0.1) is 19.3 Å². The molecule has 2 rings (SSSR count). The van der Waals surface area contributed by atoms with Crippen LogP contribution < -0.4 is 10.2 Å². The van der Waals surface area contributed by atoms with Gasteiger partial charge in [0.2, 0.25) is 0 Å². The van der Waals surface area contributed by atoms with Gasteiger partial charge >= 0.3 is 0 Å². The summed E-state index contributed by atoms with van der Waals surface area (Å²) in [5, 5.41) is 12.4. The topological polar surface area (TPSA) is 74.6 Å². The molecule has 6 nitrogen and oxygen atoms in total. The Balaban J connectivity index is 0.00000218. The van der Waals surface area contributed by atoms with Gasteiger partial charge in [-0.2, -0.15) is 5.26 Å². The molecule has 1 saturated heterocycles. The Morgan fingerprint density at radius 2 is 1.87 bits per heavy atom. The first-order valence-electron chi connectivity index (χ1n) is 10.8. The molecule has 166 valence electrons. The Labute approximate surface area is 181 Å². The fraction of sp³-hybridized carbons (Fsp3) is 0.583. The third-order valence-corrected chi connectivity index (χ3v) is 4.58. The maximum Gasteiger partial charge on any atom is 0.262 e. The number of morpholine rings is 1. The molecule has 1 aliphatic rings. The van der Waals surface area contributed by atoms with Gasteiger partial charge in [0, 0.05) is 30.9 Å². The molecule has 30 heavy (non-hydrogen) atoms. The Morgan fingerprint density at radius 1 is 1.27 bits per heavy atom. The van der Waals surface area contributed by atoms with Crippen LogP contribution in [0.3, 0.4) is 0 Å². The molecule has 0 unspecified atom stereocenters. The maximum absolute atomic E-state index is 12.5. The number of hydrogen-bond donors (Lipinski definition) is 1. The van der Waals surface area contributed by atoms with Crippen LogP contribution in [0.5, 0.6) is 0 Å². The van der Waals surface area contributed by atoms with Gasteiger partial charge in [-0.1, -0.05) is 26.0 Å². The summed E-state index contributed by atoms with van der Waals surface area (Å²) < 4.78 is 10.9. The molecule has 0 radical (unpaired) electrons. The summed E-state index contributed by atoms with van der Waals surface area (Å²) in [6.45, 7) is 15.6. The monoisotopic (exact) mass is 415 g/mol. The summed E-state index contributed by atoms with van der Waals surface area (Å²) in [6, 6.07) is 9.89. The number of benzene rings is 1. The lowest BCUT2D eigenvalue weighted by atomic mass is 10.00. The average Bonchev–Trinajstić information content (AvgIpc) is 2.73. The second kappa shape index (κ2) is 13.0. The molecule has 6 heteroatoms. The number of anilines is 1. The number of rotatable bonds is 8. The quantitative estimate of drug-likeness (QED) is 0.510. The van der Waals surface area contributed by atoms with Crippen LogP contribution in [0.15, 0.2) is 29.8 Å². The van der Waals surface area contributed by atoms with Crippen LogP contribution in [0.4, 0.5) is 5.69 Å². The molecule has 0 aromatic heterocycles. The van der Waals surface area contributed by atoms with Crippen molar-refractivity contribution in [2.24, 2.45) is 0 Å². The summed E-state index contributed by atoms with van der Waals surface area (Å²) >= 11 is 0. The molecule has 1 amide bonds. The standard InChI is InChI=1S/C22H31N3O3.C2H6/c1-17(2)28-12-9-22(3,4)24-21(26)19(16-23)15-18-5-7-20(8-6-18)25-10-13-27-14-11-25;1-2/h5-8,15,17H,9-14H2,1-4H3,(H,24,26);1-2H3/b19-15+;. The third-order valence-electron chi connectivity index (χ3n) is 4.58. The number of hydrogen-bond acceptors (Lipinski definition) is 5. The summed E-state index contributed by atoms with van der Waals surface area (Å²) in [6.07, 6.45) is 2.45. The van der Waals surface area contributed by atoms with Crippen LogP contribution in [0.2, 0.25) is 0 Å². The second-order valence-electron chi connectivity index (χ2n) is 7.87. The number of nitrogens with zero attached hydrogens (tertiary/aromatic N) is 2. The zero-order chi connectivity index (χ0) is 22.6. The number of carbonyl (C=O) groups is 1. The van der Waals surface area contributed by atoms with Crippen LogP contribution in [-0.4, -0.2) is 50.5 Å². The van der Waals surface area contributed by atoms with Gasteiger partial charge in [0.1, 0.15) is 11.6 Å². The number of amides is 1. The first-order valence-corrected chi connectivity index (χ1v) is 10.8. The highest BCUT2D eigenvalue weighted by Gasteiger charge is 2.22. The van der Waals surface area contributed by atoms with E-state index in [4.69, 9.17) is 9.47 Å². The third kappa shape index (κ3) is 8.98. The highest BCUT2D eigenvalue weighted by molar-refractivity contribution is 6.02. The highest BCUT2D eigenvalue weighted by Crippen LogP contribution is 2.18. The first kappa shape index (κ1) is 25.7. The SMILES string of the molecule is CC.CC(C)OCCC(C)(C)NC(=O)/C(C#N)=C/c1ccc(N2CCOCC2)cc1. The molecular formula is C24H37N3O3. The smallest absolute Gasteiger partial charge is 0.262 e. The van der Waals surface area contributed by atoms with Crippen LogP contribution >= 0.6 is 0 Å². The summed E-state index contributed by atoms with van der Waals surface area (Å²) in [5.74, 6) is -0.366. The fourth-order valence-corrected chi connectivity index (χ4v) is 2.91. The van der Waals surface area contributed by atoms with Gasteiger partial charge in [-0.3, -0.25) is 4.79 Å². The van der Waals surface area contributed by atoms with E-state index in [9.17, 15) is 10.1 Å². The lowest BCUT2D eigenvalue weighted by molar-refractivity contribution is -0.118. The minimum absolute atomic E-state index is 0.0944. The van der Waals surface area contributed by atoms with Gasteiger partial charge in [-0.05, 0) is 57.9 Å². The van der Waals surface area contributed by atoms with E-state index < -0.39 is 5.54 Å². The lowest BCUT2D eigenvalue weighted by Gasteiger charge is -2.28. The first-order chi connectivity index (χ1) is 14.3. The van der Waals surface area contributed by atoms with E-state index in [1.807, 2.05) is 71.9 Å². The number of nitrogens with one attached hydrogen (secondary N) is 1. The lowest BCUT2D eigenvalue weighted by Crippen LogP contribution is -2.44. The zero-order valence-electron chi connectivity index (χ0n) is 19.3. The Bertz CT molecular complexity index is 712. The molecule has 1 N–H and O–H groups in total. The van der Waals surface area contributed by atoms with E-state index in [1.165, 1.54) is 0 Å². The second-order valence-corrected chi connectivity index (χ2v) is 7.87. The summed E-state index contributed by atoms with van der Waals surface area (Å²) in [7, 11) is 0. The van der Waals surface area contributed by atoms with Crippen molar-refractivity contribution in [2.45, 2.75) is 59.6 Å². The van der Waals surface area contributed by atoms with Crippen molar-refractivity contribution in [3.05, 3.63) is 35.4 Å². The minimum atomic E-state index is -0.456. The van der Waals surface area contributed by atoms with E-state index in [2.05, 4.69) is 10.2 Å². The summed E-state index contributed by atoms with van der Waals surface area (Å²) in [5.41, 5.74) is 1.58. The maximum atomic E-state index is 12.5. The largest absolute Gasteiger partial charge is 0.379 e. The van der Waals surface area contributed by atoms with E-state index in [0.717, 1.165) is 37.6 Å². The van der Waals surface area contributed by atoms with Crippen molar-refractivity contribution in [1.82, 2.24) is 5.32 Å². The highest BCUT2D eigenvalue weighted by atomic mass is 16.5. The molecule has 1 fully saturated rings. The molecular weight excluding hydrogens is 378 g/mol.